The maximum Gasteiger partial charge on any atom is 0.256 e. The minimum atomic E-state index is -2.51. The molecule has 3 rings (SSSR count). The molecule has 8 heteroatoms. The molecule has 27 heavy (non-hydrogen) atoms. The largest absolute Gasteiger partial charge is 0.376 e. The summed E-state index contributed by atoms with van der Waals surface area (Å²) in [7, 11) is 0. The maximum absolute atomic E-state index is 12.9. The van der Waals surface area contributed by atoms with Crippen LogP contribution in [0.1, 0.15) is 47.0 Å². The van der Waals surface area contributed by atoms with E-state index in [9.17, 15) is 8.78 Å². The number of halogens is 3. The Morgan fingerprint density at radius 2 is 1.93 bits per heavy atom. The third-order valence-electron chi connectivity index (χ3n) is 3.60. The van der Waals surface area contributed by atoms with Gasteiger partial charge in [0.05, 0.1) is 43.4 Å². The van der Waals surface area contributed by atoms with Crippen molar-refractivity contribution in [3.05, 3.63) is 29.0 Å². The van der Waals surface area contributed by atoms with E-state index in [1.165, 1.54) is 4.57 Å². The number of nitrogens with zero attached hydrogens (tertiary/aromatic N) is 2. The quantitative estimate of drug-likeness (QED) is 0.769. The van der Waals surface area contributed by atoms with Crippen LogP contribution in [-0.4, -0.2) is 41.9 Å². The molecule has 5 nitrogen and oxygen atoms in total. The fourth-order valence-electron chi connectivity index (χ4n) is 2.59. The summed E-state index contributed by atoms with van der Waals surface area (Å²) in [4.78, 5) is 4.39. The van der Waals surface area contributed by atoms with Gasteiger partial charge in [-0.15, -0.1) is 0 Å². The Hall–Kier alpha value is -1.28. The van der Waals surface area contributed by atoms with Crippen molar-refractivity contribution in [2.24, 2.45) is 5.73 Å². The number of hydrogen-bond acceptors (Lipinski definition) is 4. The van der Waals surface area contributed by atoms with Crippen molar-refractivity contribution in [1.29, 1.82) is 0 Å². The standard InChI is InChI=1S/C14H16ClF2N3O2.2C2H6.CH4/c15-8-1-2-10-9(5-8)19-14(20(10)6-12(16)17)13(18)11-7-21-3-4-22-11;2*1-2;/h1-2,5,11-13H,3-4,6-7,18H2;2*1-2H3;1H4. The predicted octanol–water partition coefficient (Wildman–Crippen LogP) is 5.06. The average Bonchev–Trinajstić information content (AvgIpc) is 3.02. The second-order valence-corrected chi connectivity index (χ2v) is 5.55. The van der Waals surface area contributed by atoms with Gasteiger partial charge in [-0.1, -0.05) is 46.7 Å². The molecule has 1 fully saturated rings. The number of nitrogens with two attached hydrogens (primary N) is 1. The van der Waals surface area contributed by atoms with Crippen molar-refractivity contribution in [3.63, 3.8) is 0 Å². The fourth-order valence-corrected chi connectivity index (χ4v) is 2.75. The SMILES string of the molecule is C.CC.CC.NC(c1nc2cc(Cl)ccc2n1CC(F)F)C1COCCO1. The highest BCUT2D eigenvalue weighted by Crippen LogP contribution is 2.26. The summed E-state index contributed by atoms with van der Waals surface area (Å²) in [5.41, 5.74) is 7.30. The smallest absolute Gasteiger partial charge is 0.256 e. The van der Waals surface area contributed by atoms with Crippen molar-refractivity contribution in [3.8, 4) is 0 Å². The van der Waals surface area contributed by atoms with E-state index in [1.807, 2.05) is 27.7 Å². The van der Waals surface area contributed by atoms with Gasteiger partial charge in [0.2, 0.25) is 0 Å². The Morgan fingerprint density at radius 1 is 1.26 bits per heavy atom. The van der Waals surface area contributed by atoms with Crippen molar-refractivity contribution in [2.75, 3.05) is 19.8 Å². The van der Waals surface area contributed by atoms with Crippen LogP contribution in [-0.2, 0) is 16.0 Å². The van der Waals surface area contributed by atoms with Gasteiger partial charge in [0.15, 0.2) is 0 Å². The van der Waals surface area contributed by atoms with Gasteiger partial charge < -0.3 is 19.8 Å². The van der Waals surface area contributed by atoms with Gasteiger partial charge in [0, 0.05) is 5.02 Å². The Morgan fingerprint density at radius 3 is 2.48 bits per heavy atom. The molecular formula is C19H32ClF2N3O2. The van der Waals surface area contributed by atoms with E-state index in [4.69, 9.17) is 26.8 Å². The lowest BCUT2D eigenvalue weighted by atomic mass is 10.1. The zero-order chi connectivity index (χ0) is 19.7. The molecule has 2 aromatic rings. The summed E-state index contributed by atoms with van der Waals surface area (Å²) in [6, 6.07) is 4.29. The molecule has 2 unspecified atom stereocenters. The molecule has 2 atom stereocenters. The van der Waals surface area contributed by atoms with Gasteiger partial charge in [-0.05, 0) is 18.2 Å². The second kappa shape index (κ2) is 13.0. The first-order valence-electron chi connectivity index (χ1n) is 8.95. The Bertz CT molecular complexity index is 662. The lowest BCUT2D eigenvalue weighted by molar-refractivity contribution is -0.0988. The third-order valence-corrected chi connectivity index (χ3v) is 3.84. The van der Waals surface area contributed by atoms with Gasteiger partial charge >= 0.3 is 0 Å². The lowest BCUT2D eigenvalue weighted by Crippen LogP contribution is -2.39. The van der Waals surface area contributed by atoms with Gasteiger partial charge in [0.1, 0.15) is 11.9 Å². The second-order valence-electron chi connectivity index (χ2n) is 5.11. The summed E-state index contributed by atoms with van der Waals surface area (Å²) in [6.45, 7) is 8.78. The van der Waals surface area contributed by atoms with Crippen LogP contribution in [0.3, 0.4) is 0 Å². The van der Waals surface area contributed by atoms with E-state index in [0.717, 1.165) is 0 Å². The minimum Gasteiger partial charge on any atom is -0.376 e. The lowest BCUT2D eigenvalue weighted by Gasteiger charge is -2.28. The molecule has 0 bridgehead atoms. The van der Waals surface area contributed by atoms with Crippen molar-refractivity contribution < 1.29 is 18.3 Å². The molecule has 1 aromatic carbocycles. The number of hydrogen-bond donors (Lipinski definition) is 1. The first-order valence-corrected chi connectivity index (χ1v) is 9.33. The fraction of sp³-hybridized carbons (Fsp3) is 0.632. The Labute approximate surface area is 165 Å². The number of fused-ring (bicyclic) bond motifs is 1. The minimum absolute atomic E-state index is 0. The molecule has 1 saturated heterocycles. The molecule has 2 heterocycles. The van der Waals surface area contributed by atoms with Crippen LogP contribution in [0.2, 0.25) is 5.02 Å². The summed E-state index contributed by atoms with van der Waals surface area (Å²) in [5.74, 6) is 0.355. The molecule has 2 N–H and O–H groups in total. The molecular weight excluding hydrogens is 376 g/mol. The van der Waals surface area contributed by atoms with Gasteiger partial charge in [-0.3, -0.25) is 0 Å². The average molecular weight is 408 g/mol. The van der Waals surface area contributed by atoms with Gasteiger partial charge in [-0.2, -0.15) is 0 Å². The maximum atomic E-state index is 12.9. The molecule has 0 amide bonds. The highest BCUT2D eigenvalue weighted by Gasteiger charge is 2.28. The van der Waals surface area contributed by atoms with Crippen LogP contribution in [0.15, 0.2) is 18.2 Å². The molecule has 1 aliphatic rings. The van der Waals surface area contributed by atoms with Crippen LogP contribution in [0.25, 0.3) is 11.0 Å². The number of ether oxygens (including phenoxy) is 2. The molecule has 156 valence electrons. The van der Waals surface area contributed by atoms with Gasteiger partial charge in [-0.25, -0.2) is 13.8 Å². The van der Waals surface area contributed by atoms with Crippen LogP contribution in [0.5, 0.6) is 0 Å². The van der Waals surface area contributed by atoms with Crippen LogP contribution in [0, 0.1) is 0 Å². The highest BCUT2D eigenvalue weighted by atomic mass is 35.5. The number of alkyl halides is 2. The highest BCUT2D eigenvalue weighted by molar-refractivity contribution is 6.31. The van der Waals surface area contributed by atoms with Crippen LogP contribution >= 0.6 is 11.6 Å². The summed E-state index contributed by atoms with van der Waals surface area (Å²) >= 11 is 5.94. The normalized spacial score (nSPS) is 17.3. The number of imidazole rings is 1. The van der Waals surface area contributed by atoms with Crippen LogP contribution < -0.4 is 5.73 Å². The molecule has 0 spiro atoms. The monoisotopic (exact) mass is 407 g/mol. The first kappa shape index (κ1) is 25.7. The Kier molecular flexibility index (Phi) is 12.4. The van der Waals surface area contributed by atoms with E-state index < -0.39 is 25.1 Å². The zero-order valence-electron chi connectivity index (χ0n) is 15.7. The van der Waals surface area contributed by atoms with E-state index in [0.29, 0.717) is 41.7 Å². The van der Waals surface area contributed by atoms with Gasteiger partial charge in [0.25, 0.3) is 6.43 Å². The molecule has 0 radical (unpaired) electrons. The van der Waals surface area contributed by atoms with E-state index >= 15 is 0 Å². The van der Waals surface area contributed by atoms with Crippen molar-refractivity contribution in [1.82, 2.24) is 9.55 Å². The van der Waals surface area contributed by atoms with E-state index in [-0.39, 0.29) is 7.43 Å². The third kappa shape index (κ3) is 6.68. The van der Waals surface area contributed by atoms with E-state index in [1.54, 1.807) is 18.2 Å². The first-order chi connectivity index (χ1) is 12.6. The summed E-state index contributed by atoms with van der Waals surface area (Å²) < 4.78 is 38.2. The topological polar surface area (TPSA) is 62.3 Å². The van der Waals surface area contributed by atoms with E-state index in [2.05, 4.69) is 4.98 Å². The van der Waals surface area contributed by atoms with Crippen molar-refractivity contribution >= 4 is 22.6 Å². The summed E-state index contributed by atoms with van der Waals surface area (Å²) in [5, 5.41) is 0.492. The molecule has 0 aliphatic carbocycles. The summed E-state index contributed by atoms with van der Waals surface area (Å²) in [6.07, 6.45) is -2.92. The Balaban J connectivity index is 0.00000127. The molecule has 1 aliphatic heterocycles. The predicted molar refractivity (Wildman–Crippen MR) is 108 cm³/mol. The van der Waals surface area contributed by atoms with Crippen molar-refractivity contribution in [2.45, 2.75) is 60.2 Å². The number of benzene rings is 1. The molecule has 0 saturated carbocycles. The number of aromatic nitrogens is 2. The number of rotatable bonds is 4. The molecule has 1 aromatic heterocycles. The zero-order valence-corrected chi connectivity index (χ0v) is 16.5. The van der Waals surface area contributed by atoms with Crippen LogP contribution in [0.4, 0.5) is 8.78 Å².